The number of fused-ring (bicyclic) bond motifs is 1. The predicted octanol–water partition coefficient (Wildman–Crippen LogP) is 16.3. The molecule has 5 aromatic heterocycles. The van der Waals surface area contributed by atoms with Crippen LogP contribution in [0.25, 0.3) is 61.7 Å². The lowest BCUT2D eigenvalue weighted by Gasteiger charge is -2.26. The first-order valence-electron chi connectivity index (χ1n) is 19.3. The molecule has 0 bridgehead atoms. The molecule has 0 amide bonds. The monoisotopic (exact) mass is 863 g/mol. The van der Waals surface area contributed by atoms with E-state index in [1.807, 2.05) is 6.07 Å². The summed E-state index contributed by atoms with van der Waals surface area (Å²) in [5, 5.41) is 4.20. The van der Waals surface area contributed by atoms with Crippen LogP contribution >= 0.6 is 56.7 Å². The number of anilines is 3. The average molecular weight is 864 g/mol. The van der Waals surface area contributed by atoms with Crippen LogP contribution in [0.1, 0.15) is 45.1 Å². The molecule has 0 aliphatic heterocycles. The van der Waals surface area contributed by atoms with Crippen molar-refractivity contribution in [2.24, 2.45) is 0 Å². The van der Waals surface area contributed by atoms with E-state index in [1.165, 1.54) is 40.4 Å². The Balaban J connectivity index is 0.930. The van der Waals surface area contributed by atoms with Crippen LogP contribution in [0.2, 0.25) is 0 Å². The fourth-order valence-corrected chi connectivity index (χ4v) is 11.2. The highest BCUT2D eigenvalue weighted by molar-refractivity contribution is 7.17. The second kappa shape index (κ2) is 16.8. The van der Waals surface area contributed by atoms with Gasteiger partial charge in [-0.25, -0.2) is 0 Å². The molecule has 0 fully saturated rings. The van der Waals surface area contributed by atoms with E-state index in [0.717, 1.165) is 32.4 Å². The number of Topliss-reactive ketones (excluding diaryl/α,β-unsaturated/α-hetero) is 2. The second-order valence-corrected chi connectivity index (χ2v) is 19.3. The van der Waals surface area contributed by atoms with Gasteiger partial charge in [0.15, 0.2) is 11.6 Å². The minimum absolute atomic E-state index is 0.208. The van der Waals surface area contributed by atoms with Crippen LogP contribution in [0, 0.1) is 0 Å². The van der Waals surface area contributed by atoms with E-state index >= 15 is 0 Å². The molecule has 0 unspecified atom stereocenters. The van der Waals surface area contributed by atoms with Crippen LogP contribution in [-0.4, -0.2) is 11.6 Å². The number of carbonyl (C=O) groups excluding carboxylic acids is 2. The number of nitrogens with zero attached hydrogens (tertiary/aromatic N) is 1. The summed E-state index contributed by atoms with van der Waals surface area (Å²) in [6.07, 6.45) is 10.5. The van der Waals surface area contributed by atoms with Crippen molar-refractivity contribution in [2.75, 3.05) is 4.90 Å². The highest BCUT2D eigenvalue weighted by Crippen LogP contribution is 2.40. The van der Waals surface area contributed by atoms with Crippen molar-refractivity contribution in [3.8, 4) is 31.3 Å². The summed E-state index contributed by atoms with van der Waals surface area (Å²) in [7, 11) is 0. The van der Waals surface area contributed by atoms with E-state index < -0.39 is 0 Å². The van der Waals surface area contributed by atoms with Crippen LogP contribution in [0.5, 0.6) is 0 Å². The van der Waals surface area contributed by atoms with E-state index in [4.69, 9.17) is 0 Å². The molecule has 8 heteroatoms. The van der Waals surface area contributed by atoms with Crippen molar-refractivity contribution >= 4 is 116 Å². The van der Waals surface area contributed by atoms with Crippen LogP contribution in [0.3, 0.4) is 0 Å². The molecule has 0 spiro atoms. The highest BCUT2D eigenvalue weighted by atomic mass is 32.1. The number of hydrogen-bond acceptors (Lipinski definition) is 8. The van der Waals surface area contributed by atoms with Gasteiger partial charge in [0, 0.05) is 67.2 Å². The number of rotatable bonds is 11. The molecule has 10 rings (SSSR count). The van der Waals surface area contributed by atoms with Crippen LogP contribution in [0.4, 0.5) is 17.1 Å². The number of benzene rings is 4. The molecule has 0 saturated heterocycles. The molecule has 0 N–H and O–H groups in total. The molecule has 5 heterocycles. The summed E-state index contributed by atoms with van der Waals surface area (Å²) < 4.78 is 0. The van der Waals surface area contributed by atoms with Crippen molar-refractivity contribution in [1.29, 1.82) is 0 Å². The lowest BCUT2D eigenvalue weighted by Crippen LogP contribution is -2.09. The van der Waals surface area contributed by atoms with Crippen LogP contribution in [-0.2, 0) is 0 Å². The molecule has 0 saturated carbocycles. The standard InChI is InChI=1S/C52H33NO2S5/c54-51-45-7-1-2-8-46(45)52(55)47(51)33-44-27-30-50(60-44)36-13-19-39(20-14-36)53(37-15-9-34(10-16-37)48-28-25-42(58-48)23-21-40-5-3-31-56-40)38-17-11-35(12-18-38)49-29-26-43(59-49)24-22-41-6-4-32-57-41/h1-33H. The number of hydrogen-bond donors (Lipinski definition) is 0. The summed E-state index contributed by atoms with van der Waals surface area (Å²) >= 11 is 8.63. The Labute approximate surface area is 368 Å². The van der Waals surface area contributed by atoms with Gasteiger partial charge in [0.25, 0.3) is 0 Å². The van der Waals surface area contributed by atoms with Gasteiger partial charge >= 0.3 is 0 Å². The fraction of sp³-hybridized carbons (Fsp3) is 0. The van der Waals surface area contributed by atoms with E-state index in [2.05, 4.69) is 167 Å². The number of thiophene rings is 5. The maximum absolute atomic E-state index is 13.0. The molecule has 60 heavy (non-hydrogen) atoms. The Kier molecular flexibility index (Phi) is 10.6. The largest absolute Gasteiger partial charge is 0.311 e. The van der Waals surface area contributed by atoms with E-state index in [-0.39, 0.29) is 17.1 Å². The Morgan fingerprint density at radius 2 is 0.750 bits per heavy atom. The molecule has 1 aliphatic rings. The van der Waals surface area contributed by atoms with Gasteiger partial charge in [-0.15, -0.1) is 56.7 Å². The third-order valence-electron chi connectivity index (χ3n) is 10.2. The first-order valence-corrected chi connectivity index (χ1v) is 23.5. The summed E-state index contributed by atoms with van der Waals surface area (Å²) in [6, 6.07) is 54.5. The number of carbonyl (C=O) groups is 2. The molecule has 4 aromatic carbocycles. The minimum Gasteiger partial charge on any atom is -0.311 e. The predicted molar refractivity (Wildman–Crippen MR) is 261 cm³/mol. The van der Waals surface area contributed by atoms with Gasteiger partial charge in [-0.1, -0.05) is 72.8 Å². The first kappa shape index (κ1) is 38.0. The van der Waals surface area contributed by atoms with Crippen molar-refractivity contribution in [1.82, 2.24) is 0 Å². The quantitative estimate of drug-likeness (QED) is 0.0960. The number of allylic oxidation sites excluding steroid dienone is 1. The molecule has 3 nitrogen and oxygen atoms in total. The molecule has 0 radical (unpaired) electrons. The van der Waals surface area contributed by atoms with Gasteiger partial charge in [0.2, 0.25) is 0 Å². The molecule has 1 aliphatic carbocycles. The molecule has 0 atom stereocenters. The zero-order valence-electron chi connectivity index (χ0n) is 31.9. The van der Waals surface area contributed by atoms with Crippen LogP contribution < -0.4 is 4.90 Å². The zero-order chi connectivity index (χ0) is 40.4. The van der Waals surface area contributed by atoms with Crippen molar-refractivity contribution in [2.45, 2.75) is 0 Å². The van der Waals surface area contributed by atoms with Gasteiger partial charge in [0.05, 0.1) is 5.57 Å². The first-order chi connectivity index (χ1) is 29.5. The SMILES string of the molecule is O=C1C(=Cc2ccc(-c3ccc(N(c4ccc(-c5ccc(C=Cc6cccs6)s5)cc4)c4ccc(-c5ccc(C=Cc6cccs6)s5)cc4)cc3)s2)C(=O)c2ccccc21. The number of ketones is 2. The van der Waals surface area contributed by atoms with E-state index in [1.54, 1.807) is 87.0 Å². The molecular formula is C52H33NO2S5. The Morgan fingerprint density at radius 3 is 1.15 bits per heavy atom. The van der Waals surface area contributed by atoms with Gasteiger partial charge in [0.1, 0.15) is 0 Å². The normalized spacial score (nSPS) is 12.6. The minimum atomic E-state index is -0.208. The van der Waals surface area contributed by atoms with E-state index in [9.17, 15) is 9.59 Å². The lowest BCUT2D eigenvalue weighted by molar-refractivity contribution is 0.0990. The fourth-order valence-electron chi connectivity index (χ4n) is 7.20. The van der Waals surface area contributed by atoms with Crippen molar-refractivity contribution in [3.05, 3.63) is 210 Å². The topological polar surface area (TPSA) is 37.4 Å². The van der Waals surface area contributed by atoms with Crippen molar-refractivity contribution in [3.63, 3.8) is 0 Å². The van der Waals surface area contributed by atoms with Gasteiger partial charge < -0.3 is 4.90 Å². The summed E-state index contributed by atoms with van der Waals surface area (Å²) in [5.41, 5.74) is 7.76. The highest BCUT2D eigenvalue weighted by Gasteiger charge is 2.32. The second-order valence-electron chi connectivity index (χ2n) is 14.0. The summed E-state index contributed by atoms with van der Waals surface area (Å²) in [4.78, 5) is 37.7. The van der Waals surface area contributed by atoms with Crippen LogP contribution in [0.15, 0.2) is 174 Å². The van der Waals surface area contributed by atoms with Crippen molar-refractivity contribution < 1.29 is 9.59 Å². The Bertz CT molecular complexity index is 2880. The smallest absolute Gasteiger partial charge is 0.197 e. The molecule has 288 valence electrons. The Hall–Kier alpha value is -6.26. The maximum Gasteiger partial charge on any atom is 0.197 e. The summed E-state index contributed by atoms with van der Waals surface area (Å²) in [6.45, 7) is 0. The Morgan fingerprint density at radius 1 is 0.367 bits per heavy atom. The van der Waals surface area contributed by atoms with E-state index in [0.29, 0.717) is 11.1 Å². The summed E-state index contributed by atoms with van der Waals surface area (Å²) in [5.74, 6) is -0.416. The third kappa shape index (κ3) is 7.91. The lowest BCUT2D eigenvalue weighted by atomic mass is 10.1. The third-order valence-corrected chi connectivity index (χ3v) is 15.2. The van der Waals surface area contributed by atoms with Gasteiger partial charge in [-0.3, -0.25) is 9.59 Å². The zero-order valence-corrected chi connectivity index (χ0v) is 35.9. The average Bonchev–Trinajstić information content (AvgIpc) is 4.16. The van der Waals surface area contributed by atoms with Gasteiger partial charge in [-0.2, -0.15) is 0 Å². The molecular weight excluding hydrogens is 831 g/mol. The maximum atomic E-state index is 13.0. The van der Waals surface area contributed by atoms with Gasteiger partial charge in [-0.05, 0) is 143 Å². The molecule has 9 aromatic rings.